The molecule has 0 amide bonds. The molecule has 2 aliphatic rings. The minimum absolute atomic E-state index is 0.536. The number of furan rings is 1. The Morgan fingerprint density at radius 2 is 0.859 bits per heavy atom. The van der Waals surface area contributed by atoms with Crippen LogP contribution in [0.1, 0.15) is 22.3 Å². The fourth-order valence-electron chi connectivity index (χ4n) is 9.75. The van der Waals surface area contributed by atoms with Gasteiger partial charge in [-0.2, -0.15) is 0 Å². The van der Waals surface area contributed by atoms with Crippen LogP contribution in [0.3, 0.4) is 0 Å². The van der Waals surface area contributed by atoms with Crippen molar-refractivity contribution in [1.29, 1.82) is 0 Å². The average molecular weight is 822 g/mol. The second-order valence-corrected chi connectivity index (χ2v) is 16.3. The molecule has 0 N–H and O–H groups in total. The number of rotatable bonds is 6. The fourth-order valence-corrected chi connectivity index (χ4v) is 9.75. The second kappa shape index (κ2) is 14.2. The Morgan fingerprint density at radius 1 is 0.312 bits per heavy atom. The van der Waals surface area contributed by atoms with Gasteiger partial charge in [0, 0.05) is 27.5 Å². The highest BCUT2D eigenvalue weighted by atomic mass is 16.6. The number of nitrogens with zero attached hydrogens (tertiary/aromatic N) is 3. The molecule has 1 aliphatic heterocycles. The van der Waals surface area contributed by atoms with Crippen molar-refractivity contribution in [2.75, 3.05) is 0 Å². The molecule has 1 aliphatic carbocycles. The highest BCUT2D eigenvalue weighted by Gasteiger charge is 2.47. The number of hydrogen-bond donors (Lipinski definition) is 0. The van der Waals surface area contributed by atoms with E-state index in [4.69, 9.17) is 28.8 Å². The Bertz CT molecular complexity index is 3580. The molecule has 0 radical (unpaired) electrons. The van der Waals surface area contributed by atoms with Crippen molar-refractivity contribution in [2.24, 2.45) is 0 Å². The van der Waals surface area contributed by atoms with E-state index in [0.717, 1.165) is 60.9 Å². The van der Waals surface area contributed by atoms with Gasteiger partial charge in [0.15, 0.2) is 40.5 Å². The van der Waals surface area contributed by atoms with Crippen LogP contribution in [0.4, 0.5) is 0 Å². The van der Waals surface area contributed by atoms with Gasteiger partial charge in [0.2, 0.25) is 0 Å². The number of para-hydroxylation sites is 1. The van der Waals surface area contributed by atoms with Crippen molar-refractivity contribution in [3.8, 4) is 79.4 Å². The number of hydrogen-bond acceptors (Lipinski definition) is 6. The third-order valence-electron chi connectivity index (χ3n) is 12.7. The van der Waals surface area contributed by atoms with Crippen LogP contribution in [0.15, 0.2) is 217 Å². The lowest BCUT2D eigenvalue weighted by atomic mass is 9.67. The van der Waals surface area contributed by atoms with Gasteiger partial charge >= 0.3 is 0 Å². The number of aromatic nitrogens is 3. The average Bonchev–Trinajstić information content (AvgIpc) is 3.88. The van der Waals surface area contributed by atoms with E-state index in [0.29, 0.717) is 40.5 Å². The van der Waals surface area contributed by atoms with E-state index in [1.54, 1.807) is 0 Å². The molecular weight excluding hydrogens is 787 g/mol. The van der Waals surface area contributed by atoms with Crippen LogP contribution in [0, 0.1) is 0 Å². The van der Waals surface area contributed by atoms with Gasteiger partial charge in [-0.1, -0.05) is 164 Å². The maximum atomic E-state index is 6.79. The number of ether oxygens (including phenoxy) is 2. The van der Waals surface area contributed by atoms with Crippen LogP contribution in [-0.4, -0.2) is 15.0 Å². The fraction of sp³-hybridized carbons (Fsp3) is 0.0172. The van der Waals surface area contributed by atoms with Crippen molar-refractivity contribution < 1.29 is 13.9 Å². The lowest BCUT2D eigenvalue weighted by Crippen LogP contribution is -2.28. The first kappa shape index (κ1) is 36.1. The molecule has 0 unspecified atom stereocenters. The maximum absolute atomic E-state index is 6.79. The zero-order chi connectivity index (χ0) is 42.2. The summed E-state index contributed by atoms with van der Waals surface area (Å²) >= 11 is 0. The minimum Gasteiger partial charge on any atom is -0.456 e. The Morgan fingerprint density at radius 3 is 1.64 bits per heavy atom. The third-order valence-corrected chi connectivity index (χ3v) is 12.7. The van der Waals surface area contributed by atoms with E-state index in [2.05, 4.69) is 133 Å². The number of benzene rings is 9. The third kappa shape index (κ3) is 5.63. The molecule has 2 aromatic heterocycles. The monoisotopic (exact) mass is 821 g/mol. The van der Waals surface area contributed by atoms with Gasteiger partial charge < -0.3 is 13.9 Å². The molecule has 9 aromatic carbocycles. The van der Waals surface area contributed by atoms with Gasteiger partial charge in [0.25, 0.3) is 0 Å². The van der Waals surface area contributed by atoms with Crippen molar-refractivity contribution in [3.63, 3.8) is 0 Å². The molecule has 11 aromatic rings. The highest BCUT2D eigenvalue weighted by Crippen LogP contribution is 2.60. The SMILES string of the molecule is c1ccc(-c2nc(-c3cccc(-c4ccc5c(c4)Oc4cc6c(cc4O5)C(c4ccccc4)(c4ccccc4)c4ccccc4-6)c3)nc(-c3ccc4c(c3)oc3ccccc34)n2)cc1. The van der Waals surface area contributed by atoms with Crippen LogP contribution in [0.25, 0.3) is 78.4 Å². The van der Waals surface area contributed by atoms with Crippen LogP contribution >= 0.6 is 0 Å². The molecule has 6 nitrogen and oxygen atoms in total. The Hall–Kier alpha value is -8.61. The molecule has 0 fully saturated rings. The highest BCUT2D eigenvalue weighted by molar-refractivity contribution is 6.05. The second-order valence-electron chi connectivity index (χ2n) is 16.3. The molecule has 0 saturated heterocycles. The maximum Gasteiger partial charge on any atom is 0.170 e. The zero-order valence-electron chi connectivity index (χ0n) is 34.3. The summed E-state index contributed by atoms with van der Waals surface area (Å²) in [7, 11) is 0. The summed E-state index contributed by atoms with van der Waals surface area (Å²) in [5, 5.41) is 2.13. The summed E-state index contributed by atoms with van der Waals surface area (Å²) in [6.07, 6.45) is 0. The van der Waals surface area contributed by atoms with Crippen molar-refractivity contribution >= 4 is 21.9 Å². The minimum atomic E-state index is -0.536. The first-order valence-electron chi connectivity index (χ1n) is 21.4. The summed E-state index contributed by atoms with van der Waals surface area (Å²) in [5.74, 6) is 4.39. The lowest BCUT2D eigenvalue weighted by molar-refractivity contribution is 0.359. The van der Waals surface area contributed by atoms with E-state index in [1.165, 1.54) is 22.3 Å². The first-order valence-corrected chi connectivity index (χ1v) is 21.4. The van der Waals surface area contributed by atoms with Gasteiger partial charge in [-0.3, -0.25) is 0 Å². The zero-order valence-corrected chi connectivity index (χ0v) is 34.3. The summed E-state index contributed by atoms with van der Waals surface area (Å²) in [6.45, 7) is 0. The predicted molar refractivity (Wildman–Crippen MR) is 253 cm³/mol. The Kier molecular flexibility index (Phi) is 8.02. The topological polar surface area (TPSA) is 70.3 Å². The summed E-state index contributed by atoms with van der Waals surface area (Å²) < 4.78 is 19.8. The van der Waals surface area contributed by atoms with Gasteiger partial charge in [-0.25, -0.2) is 15.0 Å². The summed E-state index contributed by atoms with van der Waals surface area (Å²) in [5.41, 5.74) is 12.8. The molecule has 300 valence electrons. The van der Waals surface area contributed by atoms with Gasteiger partial charge in [0.05, 0.1) is 5.41 Å². The molecule has 0 bridgehead atoms. The quantitative estimate of drug-likeness (QED) is 0.166. The molecule has 0 spiro atoms. The van der Waals surface area contributed by atoms with E-state index < -0.39 is 5.41 Å². The molecule has 64 heavy (non-hydrogen) atoms. The molecular formula is C58H35N3O3. The standard InChI is InChI=1S/C58H35N3O3/c1-4-15-36(16-5-1)55-59-56(61-57(60-55)40-27-29-45-44-24-11-13-26-49(44)62-51(45)33-40)39-18-14-17-37(31-39)38-28-30-50-52(32-38)64-53-34-46-43-23-10-12-25-47(43)58(41-19-6-2-7-20-41,42-21-8-3-9-22-42)48(46)35-54(53)63-50/h1-35H. The van der Waals surface area contributed by atoms with Gasteiger partial charge in [-0.05, 0) is 93.0 Å². The van der Waals surface area contributed by atoms with Crippen molar-refractivity contribution in [1.82, 2.24) is 15.0 Å². The van der Waals surface area contributed by atoms with Crippen molar-refractivity contribution in [3.05, 3.63) is 235 Å². The largest absolute Gasteiger partial charge is 0.456 e. The summed E-state index contributed by atoms with van der Waals surface area (Å²) in [4.78, 5) is 15.1. The molecule has 0 saturated carbocycles. The summed E-state index contributed by atoms with van der Waals surface area (Å²) in [6, 6.07) is 73.3. The van der Waals surface area contributed by atoms with E-state index in [9.17, 15) is 0 Å². The lowest BCUT2D eigenvalue weighted by Gasteiger charge is -2.34. The smallest absolute Gasteiger partial charge is 0.170 e. The van der Waals surface area contributed by atoms with Gasteiger partial charge in [0.1, 0.15) is 11.2 Å². The van der Waals surface area contributed by atoms with Crippen molar-refractivity contribution in [2.45, 2.75) is 5.41 Å². The first-order chi connectivity index (χ1) is 31.7. The van der Waals surface area contributed by atoms with Crippen LogP contribution in [0.5, 0.6) is 23.0 Å². The molecule has 13 rings (SSSR count). The van der Waals surface area contributed by atoms with E-state index in [1.807, 2.05) is 78.9 Å². The molecule has 6 heteroatoms. The Labute approximate surface area is 368 Å². The predicted octanol–water partition coefficient (Wildman–Crippen LogP) is 14.7. The van der Waals surface area contributed by atoms with E-state index in [-0.39, 0.29) is 0 Å². The van der Waals surface area contributed by atoms with Crippen LogP contribution in [0.2, 0.25) is 0 Å². The van der Waals surface area contributed by atoms with Crippen LogP contribution < -0.4 is 9.47 Å². The van der Waals surface area contributed by atoms with Gasteiger partial charge in [-0.15, -0.1) is 0 Å². The Balaban J connectivity index is 0.878. The normalized spacial score (nSPS) is 13.1. The number of fused-ring (bicyclic) bond motifs is 8. The van der Waals surface area contributed by atoms with E-state index >= 15 is 0 Å². The molecule has 3 heterocycles. The van der Waals surface area contributed by atoms with Crippen LogP contribution in [-0.2, 0) is 5.41 Å². The molecule has 0 atom stereocenters.